The van der Waals surface area contributed by atoms with E-state index in [9.17, 15) is 19.7 Å². The predicted molar refractivity (Wildman–Crippen MR) is 79.1 cm³/mol. The summed E-state index contributed by atoms with van der Waals surface area (Å²) >= 11 is 0. The van der Waals surface area contributed by atoms with E-state index in [0.29, 0.717) is 54.9 Å². The number of hydrogen-bond donors (Lipinski definition) is 3. The maximum absolute atomic E-state index is 11.9. The minimum atomic E-state index is -1.12. The highest BCUT2D eigenvalue weighted by Gasteiger charge is 2.77. The second-order valence-electron chi connectivity index (χ2n) is 7.46. The van der Waals surface area contributed by atoms with E-state index in [-0.39, 0.29) is 11.8 Å². The van der Waals surface area contributed by atoms with Gasteiger partial charge >= 0.3 is 12.9 Å². The SMILES string of the molecule is CC1C2C3C(CCCB(O)C=O)C(N)(C(=O)O)C1C2[C@H]3C. The van der Waals surface area contributed by atoms with Gasteiger partial charge in [0.15, 0.2) is 0 Å². The molecule has 4 N–H and O–H groups in total. The fraction of sp³-hybridized carbons (Fsp3) is 0.867. The van der Waals surface area contributed by atoms with Crippen LogP contribution in [0.2, 0.25) is 6.32 Å². The summed E-state index contributed by atoms with van der Waals surface area (Å²) in [7, 11) is 0. The highest BCUT2D eigenvalue weighted by atomic mass is 16.4. The van der Waals surface area contributed by atoms with Crippen molar-refractivity contribution in [3.05, 3.63) is 0 Å². The van der Waals surface area contributed by atoms with Crippen molar-refractivity contribution in [3.8, 4) is 0 Å². The van der Waals surface area contributed by atoms with Crippen molar-refractivity contribution in [1.82, 2.24) is 0 Å². The predicted octanol–water partition coefficient (Wildman–Crippen LogP) is 0.698. The molecule has 6 heteroatoms. The van der Waals surface area contributed by atoms with Crippen LogP contribution in [0.3, 0.4) is 0 Å². The van der Waals surface area contributed by atoms with E-state index < -0.39 is 18.4 Å². The Hall–Kier alpha value is -0.875. The third kappa shape index (κ3) is 1.72. The van der Waals surface area contributed by atoms with Gasteiger partial charge < -0.3 is 20.7 Å². The lowest BCUT2D eigenvalue weighted by Gasteiger charge is -2.78. The maximum atomic E-state index is 11.9. The Morgan fingerprint density at radius 1 is 1.29 bits per heavy atom. The quantitative estimate of drug-likeness (QED) is 0.494. The summed E-state index contributed by atoms with van der Waals surface area (Å²) in [4.78, 5) is 22.3. The molecule has 0 saturated heterocycles. The van der Waals surface area contributed by atoms with Gasteiger partial charge in [0.05, 0.1) is 0 Å². The van der Waals surface area contributed by atoms with Crippen molar-refractivity contribution >= 4 is 19.1 Å². The zero-order valence-electron chi connectivity index (χ0n) is 12.6. The van der Waals surface area contributed by atoms with Gasteiger partial charge in [0.1, 0.15) is 11.7 Å². The Balaban J connectivity index is 1.77. The summed E-state index contributed by atoms with van der Waals surface area (Å²) in [5.74, 6) is 1.68. The number of carbonyl (C=O) groups excluding carboxylic acids is 1. The Labute approximate surface area is 125 Å². The first-order valence-corrected chi connectivity index (χ1v) is 8.01. The lowest BCUT2D eigenvalue weighted by Crippen LogP contribution is -2.83. The summed E-state index contributed by atoms with van der Waals surface area (Å²) in [6.45, 7) is 3.42. The molecule has 8 atom stereocenters. The lowest BCUT2D eigenvalue weighted by atomic mass is 9.26. The number of nitrogens with two attached hydrogens (primary N) is 1. The van der Waals surface area contributed by atoms with E-state index in [0.717, 1.165) is 0 Å². The summed E-state index contributed by atoms with van der Waals surface area (Å²) in [6, 6.07) is 0. The lowest BCUT2D eigenvalue weighted by molar-refractivity contribution is -0.298. The minimum Gasteiger partial charge on any atom is -0.480 e. The van der Waals surface area contributed by atoms with Gasteiger partial charge in [-0.25, -0.2) is 0 Å². The molecule has 0 aromatic heterocycles. The standard InChI is InChI=1S/C15H24BNO4/c1-7-10-9(4-3-5-16(21)6-18)15(17,14(19)20)13-8(2)11(10)12(7)13/h6-13,21H,3-5,17H2,1-2H3,(H,19,20)/t7-,8?,9?,10?,11?,12?,13?,15?/m0/s1. The molecule has 4 aliphatic carbocycles. The van der Waals surface area contributed by atoms with Gasteiger partial charge in [-0.15, -0.1) is 0 Å². The third-order valence-corrected chi connectivity index (χ3v) is 6.86. The van der Waals surface area contributed by atoms with Crippen molar-refractivity contribution < 1.29 is 19.7 Å². The Kier molecular flexibility index (Phi) is 3.45. The fourth-order valence-corrected chi connectivity index (χ4v) is 6.08. The highest BCUT2D eigenvalue weighted by molar-refractivity contribution is 6.78. The Morgan fingerprint density at radius 3 is 2.52 bits per heavy atom. The van der Waals surface area contributed by atoms with Crippen LogP contribution >= 0.6 is 0 Å². The number of carboxylic acid groups (broad SMARTS) is 1. The molecule has 4 rings (SSSR count). The Bertz CT molecular complexity index is 473. The number of aliphatic carboxylic acids is 1. The molecule has 5 nitrogen and oxygen atoms in total. The topological polar surface area (TPSA) is 101 Å². The second-order valence-corrected chi connectivity index (χ2v) is 7.46. The molecule has 21 heavy (non-hydrogen) atoms. The zero-order chi connectivity index (χ0) is 15.5. The first-order chi connectivity index (χ1) is 9.85. The van der Waals surface area contributed by atoms with Gasteiger partial charge in [0.2, 0.25) is 0 Å². The molecule has 0 aromatic carbocycles. The van der Waals surface area contributed by atoms with Crippen LogP contribution in [0, 0.1) is 41.4 Å². The molecule has 7 unspecified atom stereocenters. The van der Waals surface area contributed by atoms with Crippen LogP contribution in [0.5, 0.6) is 0 Å². The van der Waals surface area contributed by atoms with Gasteiger partial charge in [-0.2, -0.15) is 0 Å². The van der Waals surface area contributed by atoms with E-state index >= 15 is 0 Å². The van der Waals surface area contributed by atoms with Crippen LogP contribution in [0.25, 0.3) is 0 Å². The minimum absolute atomic E-state index is 0.0277. The van der Waals surface area contributed by atoms with Crippen molar-refractivity contribution in [2.75, 3.05) is 0 Å². The molecule has 116 valence electrons. The average molecular weight is 293 g/mol. The van der Waals surface area contributed by atoms with Gasteiger partial charge in [-0.05, 0) is 54.2 Å². The van der Waals surface area contributed by atoms with E-state index in [1.165, 1.54) is 0 Å². The zero-order valence-corrected chi connectivity index (χ0v) is 12.6. The molecule has 0 aliphatic heterocycles. The number of rotatable bonds is 6. The number of carbonyl (C=O) groups is 2. The summed E-state index contributed by atoms with van der Waals surface area (Å²) < 4.78 is 0. The highest BCUT2D eigenvalue weighted by Crippen LogP contribution is 2.75. The fourth-order valence-electron chi connectivity index (χ4n) is 6.08. The summed E-state index contributed by atoms with van der Waals surface area (Å²) in [5, 5.41) is 19.1. The normalized spacial score (nSPS) is 49.8. The molecule has 4 bridgehead atoms. The van der Waals surface area contributed by atoms with Crippen molar-refractivity contribution in [2.45, 2.75) is 38.5 Å². The summed E-state index contributed by atoms with van der Waals surface area (Å²) in [5.41, 5.74) is 5.30. The third-order valence-electron chi connectivity index (χ3n) is 6.86. The molecular weight excluding hydrogens is 269 g/mol. The molecule has 4 aliphatic rings. The van der Waals surface area contributed by atoms with Crippen molar-refractivity contribution in [1.29, 1.82) is 0 Å². The van der Waals surface area contributed by atoms with E-state index in [2.05, 4.69) is 13.8 Å². The van der Waals surface area contributed by atoms with Crippen molar-refractivity contribution in [3.63, 3.8) is 0 Å². The van der Waals surface area contributed by atoms with Crippen LogP contribution in [-0.2, 0) is 9.59 Å². The van der Waals surface area contributed by atoms with Crippen LogP contribution in [0.15, 0.2) is 0 Å². The van der Waals surface area contributed by atoms with Gasteiger partial charge in [-0.3, -0.25) is 4.79 Å². The monoisotopic (exact) mass is 293 g/mol. The molecule has 0 heterocycles. The molecule has 0 aromatic rings. The van der Waals surface area contributed by atoms with E-state index in [4.69, 9.17) is 5.73 Å². The van der Waals surface area contributed by atoms with Crippen LogP contribution < -0.4 is 5.73 Å². The second kappa shape index (κ2) is 4.81. The molecular formula is C15H24BNO4. The number of carboxylic acids is 1. The maximum Gasteiger partial charge on any atom is 0.361 e. The van der Waals surface area contributed by atoms with Gasteiger partial charge in [-0.1, -0.05) is 20.3 Å². The molecule has 0 amide bonds. The molecule has 4 saturated carbocycles. The average Bonchev–Trinajstić information content (AvgIpc) is 2.44. The number of fused-ring (bicyclic) bond motifs is 1. The number of hydrogen-bond acceptors (Lipinski definition) is 4. The Morgan fingerprint density at radius 2 is 1.95 bits per heavy atom. The van der Waals surface area contributed by atoms with E-state index in [1.54, 1.807) is 0 Å². The van der Waals surface area contributed by atoms with E-state index in [1.807, 2.05) is 0 Å². The largest absolute Gasteiger partial charge is 0.480 e. The smallest absolute Gasteiger partial charge is 0.361 e. The van der Waals surface area contributed by atoms with Crippen LogP contribution in [-0.4, -0.2) is 34.7 Å². The summed E-state index contributed by atoms with van der Waals surface area (Å²) in [6.07, 6.45) is 2.27. The first kappa shape index (κ1) is 15.0. The molecule has 0 radical (unpaired) electrons. The van der Waals surface area contributed by atoms with Gasteiger partial charge in [0.25, 0.3) is 0 Å². The van der Waals surface area contributed by atoms with Crippen molar-refractivity contribution in [2.24, 2.45) is 47.2 Å². The first-order valence-electron chi connectivity index (χ1n) is 8.01. The van der Waals surface area contributed by atoms with Gasteiger partial charge in [0, 0.05) is 0 Å². The molecule has 4 fully saturated rings. The van der Waals surface area contributed by atoms with Crippen LogP contribution in [0.1, 0.15) is 26.7 Å². The van der Waals surface area contributed by atoms with Crippen LogP contribution in [0.4, 0.5) is 0 Å². The molecule has 0 spiro atoms.